The monoisotopic (exact) mass is 526 g/mol. The van der Waals surface area contributed by atoms with Crippen LogP contribution in [-0.2, 0) is 19.1 Å². The van der Waals surface area contributed by atoms with E-state index in [-0.39, 0.29) is 25.2 Å². The Labute approximate surface area is 229 Å². The van der Waals surface area contributed by atoms with Gasteiger partial charge in [-0.3, -0.25) is 9.59 Å². The van der Waals surface area contributed by atoms with Gasteiger partial charge in [0.2, 0.25) is 0 Å². The van der Waals surface area contributed by atoms with Crippen LogP contribution in [0.4, 0.5) is 0 Å². The minimum atomic E-state index is -0.762. The van der Waals surface area contributed by atoms with Crippen LogP contribution in [0.5, 0.6) is 0 Å². The molecule has 37 heavy (non-hydrogen) atoms. The van der Waals surface area contributed by atoms with E-state index in [1.807, 2.05) is 0 Å². The van der Waals surface area contributed by atoms with E-state index in [1.54, 1.807) is 0 Å². The van der Waals surface area contributed by atoms with Crippen molar-refractivity contribution >= 4 is 11.9 Å². The van der Waals surface area contributed by atoms with E-state index in [0.29, 0.717) is 12.8 Å². The molecule has 0 aromatic carbocycles. The summed E-state index contributed by atoms with van der Waals surface area (Å²) in [6.07, 6.45) is 23.0. The first kappa shape index (κ1) is 35.9. The number of esters is 2. The Bertz CT molecular complexity index is 519. The molecule has 0 fully saturated rings. The van der Waals surface area contributed by atoms with Gasteiger partial charge in [0.1, 0.15) is 6.61 Å². The smallest absolute Gasteiger partial charge is 0.306 e. The molecule has 220 valence electrons. The topological polar surface area (TPSA) is 72.8 Å². The van der Waals surface area contributed by atoms with E-state index < -0.39 is 6.10 Å². The molecule has 1 unspecified atom stereocenters. The fourth-order valence-corrected chi connectivity index (χ4v) is 4.54. The second kappa shape index (κ2) is 26.5. The summed E-state index contributed by atoms with van der Waals surface area (Å²) in [5.41, 5.74) is 0. The lowest BCUT2D eigenvalue weighted by molar-refractivity contribution is -0.161. The summed E-state index contributed by atoms with van der Waals surface area (Å²) in [6.45, 7) is 8.76. The number of ether oxygens (including phenoxy) is 2. The van der Waals surface area contributed by atoms with Crippen molar-refractivity contribution < 1.29 is 24.2 Å². The highest BCUT2D eigenvalue weighted by atomic mass is 16.6. The number of aliphatic hydroxyl groups is 1. The van der Waals surface area contributed by atoms with Gasteiger partial charge in [0.25, 0.3) is 0 Å². The first-order chi connectivity index (χ1) is 17.9. The molecule has 2 atom stereocenters. The Balaban J connectivity index is 3.59. The average Bonchev–Trinajstić information content (AvgIpc) is 2.88. The van der Waals surface area contributed by atoms with E-state index >= 15 is 0 Å². The molecule has 0 radical (unpaired) electrons. The predicted molar refractivity (Wildman–Crippen MR) is 155 cm³/mol. The fraction of sp³-hybridized carbons (Fsp3) is 0.938. The number of aliphatic hydroxyl groups excluding tert-OH is 1. The number of hydrogen-bond donors (Lipinski definition) is 1. The van der Waals surface area contributed by atoms with Crippen molar-refractivity contribution in [2.75, 3.05) is 13.2 Å². The van der Waals surface area contributed by atoms with Crippen molar-refractivity contribution in [3.63, 3.8) is 0 Å². The van der Waals surface area contributed by atoms with Crippen molar-refractivity contribution in [2.24, 2.45) is 11.8 Å². The molecule has 0 bridgehead atoms. The maximum absolute atomic E-state index is 12.0. The van der Waals surface area contributed by atoms with Crippen LogP contribution in [0.25, 0.3) is 0 Å². The third kappa shape index (κ3) is 26.3. The molecule has 0 amide bonds. The molecule has 5 heteroatoms. The standard InChI is InChI=1S/C32H62O5/c1-5-29(4)23-19-15-12-13-17-21-25-32(35)37-30(26-33)27-36-31(34)24-20-16-11-9-7-6-8-10-14-18-22-28(2)3/h28-30,33H,5-27H2,1-4H3/t29?,30-/m0/s1. The van der Waals surface area contributed by atoms with Crippen LogP contribution in [0.3, 0.4) is 0 Å². The molecule has 5 nitrogen and oxygen atoms in total. The lowest BCUT2D eigenvalue weighted by Crippen LogP contribution is -2.28. The molecule has 0 aromatic rings. The van der Waals surface area contributed by atoms with Gasteiger partial charge in [-0.05, 0) is 24.7 Å². The van der Waals surface area contributed by atoms with Crippen LogP contribution in [0.2, 0.25) is 0 Å². The maximum Gasteiger partial charge on any atom is 0.306 e. The minimum absolute atomic E-state index is 0.0611. The summed E-state index contributed by atoms with van der Waals surface area (Å²) < 4.78 is 10.5. The number of unbranched alkanes of at least 4 members (excludes halogenated alkanes) is 14. The van der Waals surface area contributed by atoms with Crippen LogP contribution >= 0.6 is 0 Å². The van der Waals surface area contributed by atoms with Crippen LogP contribution in [0.1, 0.15) is 163 Å². The Hall–Kier alpha value is -1.10. The lowest BCUT2D eigenvalue weighted by atomic mass is 10.00. The highest BCUT2D eigenvalue weighted by Crippen LogP contribution is 2.16. The summed E-state index contributed by atoms with van der Waals surface area (Å²) in [4.78, 5) is 24.0. The van der Waals surface area contributed by atoms with Crippen LogP contribution < -0.4 is 0 Å². The van der Waals surface area contributed by atoms with Gasteiger partial charge in [-0.2, -0.15) is 0 Å². The summed E-state index contributed by atoms with van der Waals surface area (Å²) in [5.74, 6) is 1.06. The molecule has 0 aliphatic heterocycles. The molecule has 0 spiro atoms. The zero-order chi connectivity index (χ0) is 27.6. The number of rotatable bonds is 27. The normalized spacial score (nSPS) is 13.0. The molecular weight excluding hydrogens is 464 g/mol. The Morgan fingerprint density at radius 1 is 0.622 bits per heavy atom. The van der Waals surface area contributed by atoms with Gasteiger partial charge in [0, 0.05) is 12.8 Å². The maximum atomic E-state index is 12.0. The Kier molecular flexibility index (Phi) is 25.7. The quantitative estimate of drug-likeness (QED) is 0.0854. The van der Waals surface area contributed by atoms with Crippen molar-refractivity contribution in [3.8, 4) is 0 Å². The molecule has 1 N–H and O–H groups in total. The molecule has 0 aliphatic rings. The van der Waals surface area contributed by atoms with E-state index in [9.17, 15) is 14.7 Å². The fourth-order valence-electron chi connectivity index (χ4n) is 4.54. The molecule has 0 rings (SSSR count). The van der Waals surface area contributed by atoms with Gasteiger partial charge in [0.05, 0.1) is 6.61 Å². The van der Waals surface area contributed by atoms with E-state index in [1.165, 1.54) is 83.5 Å². The van der Waals surface area contributed by atoms with Crippen LogP contribution in [0.15, 0.2) is 0 Å². The summed E-state index contributed by atoms with van der Waals surface area (Å²) in [7, 11) is 0. The van der Waals surface area contributed by atoms with Crippen LogP contribution in [-0.4, -0.2) is 36.4 Å². The highest BCUT2D eigenvalue weighted by Gasteiger charge is 2.16. The molecule has 0 saturated carbocycles. The van der Waals surface area contributed by atoms with Crippen molar-refractivity contribution in [3.05, 3.63) is 0 Å². The van der Waals surface area contributed by atoms with Crippen LogP contribution in [0, 0.1) is 11.8 Å². The molecular formula is C32H62O5. The minimum Gasteiger partial charge on any atom is -0.462 e. The zero-order valence-corrected chi connectivity index (χ0v) is 25.1. The lowest BCUT2D eigenvalue weighted by Gasteiger charge is -2.15. The third-order valence-corrected chi connectivity index (χ3v) is 7.37. The Morgan fingerprint density at radius 2 is 1.05 bits per heavy atom. The predicted octanol–water partition coefficient (Wildman–Crippen LogP) is 8.94. The van der Waals surface area contributed by atoms with E-state index in [0.717, 1.165) is 50.4 Å². The second-order valence-corrected chi connectivity index (χ2v) is 11.6. The molecule has 0 saturated heterocycles. The van der Waals surface area contributed by atoms with E-state index in [4.69, 9.17) is 9.47 Å². The van der Waals surface area contributed by atoms with Crippen molar-refractivity contribution in [1.82, 2.24) is 0 Å². The van der Waals surface area contributed by atoms with E-state index in [2.05, 4.69) is 27.7 Å². The third-order valence-electron chi connectivity index (χ3n) is 7.37. The summed E-state index contributed by atoms with van der Waals surface area (Å²) >= 11 is 0. The number of carbonyl (C=O) groups excluding carboxylic acids is 2. The SMILES string of the molecule is CCC(C)CCCCCCCCC(=O)O[C@@H](CO)COC(=O)CCCCCCCCCCCCC(C)C. The van der Waals surface area contributed by atoms with Gasteiger partial charge >= 0.3 is 11.9 Å². The average molecular weight is 527 g/mol. The van der Waals surface area contributed by atoms with Crippen molar-refractivity contribution in [1.29, 1.82) is 0 Å². The number of carbonyl (C=O) groups is 2. The highest BCUT2D eigenvalue weighted by molar-refractivity contribution is 5.70. The molecule has 0 aromatic heterocycles. The molecule has 0 heterocycles. The molecule has 0 aliphatic carbocycles. The van der Waals surface area contributed by atoms with Gasteiger partial charge in [0.15, 0.2) is 6.10 Å². The van der Waals surface area contributed by atoms with Gasteiger partial charge < -0.3 is 14.6 Å². The first-order valence-corrected chi connectivity index (χ1v) is 15.8. The summed E-state index contributed by atoms with van der Waals surface area (Å²) in [5, 5.41) is 9.47. The van der Waals surface area contributed by atoms with Gasteiger partial charge in [-0.25, -0.2) is 0 Å². The van der Waals surface area contributed by atoms with Gasteiger partial charge in [-0.15, -0.1) is 0 Å². The largest absolute Gasteiger partial charge is 0.462 e. The Morgan fingerprint density at radius 3 is 1.51 bits per heavy atom. The second-order valence-electron chi connectivity index (χ2n) is 11.6. The zero-order valence-electron chi connectivity index (χ0n) is 25.1. The first-order valence-electron chi connectivity index (χ1n) is 15.8. The van der Waals surface area contributed by atoms with Gasteiger partial charge in [-0.1, -0.05) is 137 Å². The summed E-state index contributed by atoms with van der Waals surface area (Å²) in [6, 6.07) is 0. The van der Waals surface area contributed by atoms with Crippen molar-refractivity contribution in [2.45, 2.75) is 169 Å². The number of hydrogen-bond acceptors (Lipinski definition) is 5.